The second-order valence-corrected chi connectivity index (χ2v) is 4.98. The summed E-state index contributed by atoms with van der Waals surface area (Å²) in [4.78, 5) is 12.0. The minimum atomic E-state index is -0.334. The van der Waals surface area contributed by atoms with Crippen LogP contribution in [0.15, 0.2) is 65.2 Å². The molecule has 1 aromatic heterocycles. The molecule has 23 heavy (non-hydrogen) atoms. The number of aryl methyl sites for hydroxylation is 1. The molecule has 0 saturated heterocycles. The van der Waals surface area contributed by atoms with Gasteiger partial charge < -0.3 is 9.84 Å². The third-order valence-corrected chi connectivity index (χ3v) is 3.10. The van der Waals surface area contributed by atoms with E-state index in [0.717, 1.165) is 11.1 Å². The van der Waals surface area contributed by atoms with Crippen LogP contribution >= 0.6 is 0 Å². The van der Waals surface area contributed by atoms with Gasteiger partial charge in [-0.05, 0) is 37.3 Å². The Kier molecular flexibility index (Phi) is 4.21. The highest BCUT2D eigenvalue weighted by Crippen LogP contribution is 2.12. The van der Waals surface area contributed by atoms with Crippen molar-refractivity contribution in [1.29, 1.82) is 0 Å². The maximum atomic E-state index is 12.0. The highest BCUT2D eigenvalue weighted by atomic mass is 16.5. The van der Waals surface area contributed by atoms with Gasteiger partial charge >= 0.3 is 0 Å². The topological polar surface area (TPSA) is 55.1 Å². The Balaban J connectivity index is 1.75. The molecular formula is C19H14N2O2. The van der Waals surface area contributed by atoms with Crippen molar-refractivity contribution in [3.05, 3.63) is 83.2 Å². The van der Waals surface area contributed by atoms with Gasteiger partial charge in [-0.25, -0.2) is 0 Å². The molecule has 0 radical (unpaired) electrons. The standard InChI is InChI=1S/C19H14N2O2/c1-14-12-18(23-21-14)19(22)20-17-9-5-8-16(13-17)11-10-15-6-3-2-4-7-15/h2-9,12-13H,1H3,(H,20,22). The van der Waals surface area contributed by atoms with Crippen LogP contribution in [0.2, 0.25) is 0 Å². The number of aromatic nitrogens is 1. The highest BCUT2D eigenvalue weighted by molar-refractivity contribution is 6.02. The summed E-state index contributed by atoms with van der Waals surface area (Å²) in [5.74, 6) is 6.02. The third kappa shape index (κ3) is 3.86. The average Bonchev–Trinajstić information content (AvgIpc) is 3.01. The predicted molar refractivity (Wildman–Crippen MR) is 88.1 cm³/mol. The van der Waals surface area contributed by atoms with Gasteiger partial charge in [-0.1, -0.05) is 41.3 Å². The molecule has 3 aromatic rings. The fourth-order valence-corrected chi connectivity index (χ4v) is 2.00. The van der Waals surface area contributed by atoms with Crippen LogP contribution in [0, 0.1) is 18.8 Å². The van der Waals surface area contributed by atoms with E-state index in [1.165, 1.54) is 0 Å². The third-order valence-electron chi connectivity index (χ3n) is 3.10. The Morgan fingerprint density at radius 3 is 2.48 bits per heavy atom. The summed E-state index contributed by atoms with van der Waals surface area (Å²) >= 11 is 0. The van der Waals surface area contributed by atoms with Crippen molar-refractivity contribution in [3.8, 4) is 11.8 Å². The normalized spacial score (nSPS) is 9.78. The van der Waals surface area contributed by atoms with E-state index in [1.54, 1.807) is 19.1 Å². The first-order chi connectivity index (χ1) is 11.2. The molecule has 0 aliphatic heterocycles. The predicted octanol–water partition coefficient (Wildman–Crippen LogP) is 3.64. The van der Waals surface area contributed by atoms with Crippen molar-refractivity contribution in [3.63, 3.8) is 0 Å². The Bertz CT molecular complexity index is 886. The van der Waals surface area contributed by atoms with Crippen molar-refractivity contribution in [1.82, 2.24) is 5.16 Å². The number of carbonyl (C=O) groups is 1. The van der Waals surface area contributed by atoms with Gasteiger partial charge in [0.1, 0.15) is 0 Å². The smallest absolute Gasteiger partial charge is 0.294 e. The second kappa shape index (κ2) is 6.63. The number of amides is 1. The molecule has 4 heteroatoms. The first-order valence-corrected chi connectivity index (χ1v) is 7.12. The molecule has 0 saturated carbocycles. The number of benzene rings is 2. The summed E-state index contributed by atoms with van der Waals surface area (Å²) in [6, 6.07) is 18.7. The summed E-state index contributed by atoms with van der Waals surface area (Å²) in [6.45, 7) is 1.76. The SMILES string of the molecule is Cc1cc(C(=O)Nc2cccc(C#Cc3ccccc3)c2)on1. The van der Waals surface area contributed by atoms with Gasteiger partial charge in [0.15, 0.2) is 0 Å². The Labute approximate surface area is 134 Å². The van der Waals surface area contributed by atoms with Crippen LogP contribution in [-0.2, 0) is 0 Å². The van der Waals surface area contributed by atoms with Crippen LogP contribution < -0.4 is 5.32 Å². The van der Waals surface area contributed by atoms with Crippen LogP contribution in [-0.4, -0.2) is 11.1 Å². The van der Waals surface area contributed by atoms with Crippen molar-refractivity contribution in [2.75, 3.05) is 5.32 Å². The summed E-state index contributed by atoms with van der Waals surface area (Å²) in [7, 11) is 0. The van der Waals surface area contributed by atoms with Crippen LogP contribution in [0.4, 0.5) is 5.69 Å². The zero-order valence-corrected chi connectivity index (χ0v) is 12.5. The van der Waals surface area contributed by atoms with Gasteiger partial charge in [0, 0.05) is 22.9 Å². The van der Waals surface area contributed by atoms with Crippen LogP contribution in [0.1, 0.15) is 27.4 Å². The van der Waals surface area contributed by atoms with E-state index in [4.69, 9.17) is 4.52 Å². The molecule has 3 rings (SSSR count). The maximum absolute atomic E-state index is 12.0. The molecule has 1 amide bonds. The molecule has 112 valence electrons. The lowest BCUT2D eigenvalue weighted by Gasteiger charge is -2.02. The van der Waals surface area contributed by atoms with Crippen molar-refractivity contribution in [2.45, 2.75) is 6.92 Å². The minimum absolute atomic E-state index is 0.184. The number of rotatable bonds is 2. The lowest BCUT2D eigenvalue weighted by molar-refractivity contribution is 0.0988. The number of nitrogens with one attached hydrogen (secondary N) is 1. The lowest BCUT2D eigenvalue weighted by atomic mass is 10.1. The van der Waals surface area contributed by atoms with E-state index in [9.17, 15) is 4.79 Å². The fraction of sp³-hybridized carbons (Fsp3) is 0.0526. The van der Waals surface area contributed by atoms with E-state index in [-0.39, 0.29) is 11.7 Å². The molecular weight excluding hydrogens is 288 g/mol. The van der Waals surface area contributed by atoms with E-state index in [1.807, 2.05) is 48.5 Å². The summed E-state index contributed by atoms with van der Waals surface area (Å²) < 4.78 is 4.94. The van der Waals surface area contributed by atoms with Crippen molar-refractivity contribution in [2.24, 2.45) is 0 Å². The summed E-state index contributed by atoms with van der Waals surface area (Å²) in [5, 5.41) is 6.47. The van der Waals surface area contributed by atoms with E-state index >= 15 is 0 Å². The zero-order chi connectivity index (χ0) is 16.1. The van der Waals surface area contributed by atoms with Gasteiger partial charge in [-0.2, -0.15) is 0 Å². The molecule has 0 spiro atoms. The first-order valence-electron chi connectivity index (χ1n) is 7.12. The number of nitrogens with zero attached hydrogens (tertiary/aromatic N) is 1. The lowest BCUT2D eigenvalue weighted by Crippen LogP contribution is -2.10. The van der Waals surface area contributed by atoms with E-state index < -0.39 is 0 Å². The Hall–Kier alpha value is -3.32. The zero-order valence-electron chi connectivity index (χ0n) is 12.5. The first kappa shape index (κ1) is 14.6. The van der Waals surface area contributed by atoms with Crippen molar-refractivity contribution < 1.29 is 9.32 Å². The quantitative estimate of drug-likeness (QED) is 0.735. The molecule has 0 fully saturated rings. The molecule has 1 N–H and O–H groups in total. The number of hydrogen-bond donors (Lipinski definition) is 1. The summed E-state index contributed by atoms with van der Waals surface area (Å²) in [6.07, 6.45) is 0. The number of hydrogen-bond acceptors (Lipinski definition) is 3. The molecule has 1 heterocycles. The molecule has 0 unspecified atom stereocenters. The molecule has 0 aliphatic rings. The van der Waals surface area contributed by atoms with Crippen LogP contribution in [0.25, 0.3) is 0 Å². The van der Waals surface area contributed by atoms with E-state index in [0.29, 0.717) is 11.4 Å². The highest BCUT2D eigenvalue weighted by Gasteiger charge is 2.11. The van der Waals surface area contributed by atoms with Gasteiger partial charge in [0.05, 0.1) is 5.69 Å². The molecule has 0 atom stereocenters. The number of anilines is 1. The average molecular weight is 302 g/mol. The largest absolute Gasteiger partial charge is 0.351 e. The maximum Gasteiger partial charge on any atom is 0.294 e. The van der Waals surface area contributed by atoms with Crippen LogP contribution in [0.3, 0.4) is 0 Å². The van der Waals surface area contributed by atoms with Gasteiger partial charge in [-0.3, -0.25) is 4.79 Å². The Morgan fingerprint density at radius 2 is 1.74 bits per heavy atom. The molecule has 4 nitrogen and oxygen atoms in total. The second-order valence-electron chi connectivity index (χ2n) is 4.98. The minimum Gasteiger partial charge on any atom is -0.351 e. The molecule has 2 aromatic carbocycles. The van der Waals surface area contributed by atoms with E-state index in [2.05, 4.69) is 22.3 Å². The van der Waals surface area contributed by atoms with Gasteiger partial charge in [0.2, 0.25) is 5.76 Å². The molecule has 0 bridgehead atoms. The van der Waals surface area contributed by atoms with Crippen molar-refractivity contribution >= 4 is 11.6 Å². The van der Waals surface area contributed by atoms with Crippen LogP contribution in [0.5, 0.6) is 0 Å². The molecule has 0 aliphatic carbocycles. The van der Waals surface area contributed by atoms with Gasteiger partial charge in [0.25, 0.3) is 5.91 Å². The number of carbonyl (C=O) groups excluding carboxylic acids is 1. The summed E-state index contributed by atoms with van der Waals surface area (Å²) in [5.41, 5.74) is 3.08. The monoisotopic (exact) mass is 302 g/mol. The Morgan fingerprint density at radius 1 is 1.00 bits per heavy atom. The fourth-order valence-electron chi connectivity index (χ4n) is 2.00. The van der Waals surface area contributed by atoms with Gasteiger partial charge in [-0.15, -0.1) is 0 Å².